The van der Waals surface area contributed by atoms with Crippen molar-refractivity contribution in [1.29, 1.82) is 0 Å². The third-order valence-electron chi connectivity index (χ3n) is 5.14. The largest absolute Gasteiger partial charge is 0.354 e. The highest BCUT2D eigenvalue weighted by atomic mass is 35.5. The Bertz CT molecular complexity index is 1080. The van der Waals surface area contributed by atoms with Crippen molar-refractivity contribution in [2.75, 3.05) is 6.54 Å². The maximum atomic E-state index is 6.60. The molecule has 0 unspecified atom stereocenters. The Kier molecular flexibility index (Phi) is 4.71. The second-order valence-corrected chi connectivity index (χ2v) is 7.31. The van der Waals surface area contributed by atoms with Crippen LogP contribution in [0, 0.1) is 6.92 Å². The molecule has 132 valence electrons. The summed E-state index contributed by atoms with van der Waals surface area (Å²) in [5, 5.41) is 4.48. The summed E-state index contributed by atoms with van der Waals surface area (Å²) >= 11 is 6.60. The van der Waals surface area contributed by atoms with Crippen LogP contribution >= 0.6 is 11.6 Å². The second-order valence-electron chi connectivity index (χ2n) is 6.90. The number of hydrogen-bond donors (Lipinski definition) is 2. The molecule has 0 saturated heterocycles. The molecule has 0 atom stereocenters. The van der Waals surface area contributed by atoms with Crippen molar-refractivity contribution in [3.8, 4) is 11.3 Å². The van der Waals surface area contributed by atoms with Crippen LogP contribution in [0.3, 0.4) is 0 Å². The molecular formula is C23H23ClN2. The van der Waals surface area contributed by atoms with Gasteiger partial charge in [-0.05, 0) is 72.3 Å². The van der Waals surface area contributed by atoms with Crippen molar-refractivity contribution in [3.63, 3.8) is 0 Å². The van der Waals surface area contributed by atoms with Crippen LogP contribution in [0.25, 0.3) is 32.9 Å². The van der Waals surface area contributed by atoms with Gasteiger partial charge in [-0.3, -0.25) is 0 Å². The molecule has 0 aliphatic rings. The van der Waals surface area contributed by atoms with Gasteiger partial charge >= 0.3 is 0 Å². The first kappa shape index (κ1) is 17.1. The molecule has 4 aromatic rings. The van der Waals surface area contributed by atoms with Crippen molar-refractivity contribution in [2.45, 2.75) is 26.2 Å². The number of unbranched alkanes of at least 4 members (excludes halogenated alkanes) is 1. The summed E-state index contributed by atoms with van der Waals surface area (Å²) in [6.45, 7) is 2.85. The average Bonchev–Trinajstić information content (AvgIpc) is 3.05. The van der Waals surface area contributed by atoms with Gasteiger partial charge in [0.25, 0.3) is 0 Å². The lowest BCUT2D eigenvalue weighted by Crippen LogP contribution is -1.99. The van der Waals surface area contributed by atoms with Gasteiger partial charge in [0.1, 0.15) is 0 Å². The monoisotopic (exact) mass is 362 g/mol. The summed E-state index contributed by atoms with van der Waals surface area (Å²) in [5.41, 5.74) is 11.8. The van der Waals surface area contributed by atoms with Crippen LogP contribution in [0.1, 0.15) is 24.0 Å². The fourth-order valence-electron chi connectivity index (χ4n) is 3.75. The Morgan fingerprint density at radius 1 is 0.962 bits per heavy atom. The number of nitrogens with one attached hydrogen (secondary N) is 1. The Balaban J connectivity index is 1.93. The quantitative estimate of drug-likeness (QED) is 0.406. The van der Waals surface area contributed by atoms with E-state index in [4.69, 9.17) is 17.3 Å². The van der Waals surface area contributed by atoms with Gasteiger partial charge in [0.2, 0.25) is 0 Å². The van der Waals surface area contributed by atoms with Crippen LogP contribution in [0.2, 0.25) is 5.02 Å². The third kappa shape index (κ3) is 3.00. The number of aromatic nitrogens is 1. The number of hydrogen-bond acceptors (Lipinski definition) is 1. The number of aromatic amines is 1. The summed E-state index contributed by atoms with van der Waals surface area (Å²) in [6, 6.07) is 19.2. The lowest BCUT2D eigenvalue weighted by molar-refractivity contribution is 0.748. The molecule has 26 heavy (non-hydrogen) atoms. The topological polar surface area (TPSA) is 41.8 Å². The van der Waals surface area contributed by atoms with E-state index in [2.05, 4.69) is 60.4 Å². The van der Waals surface area contributed by atoms with E-state index in [0.29, 0.717) is 0 Å². The van der Waals surface area contributed by atoms with E-state index in [1.807, 2.05) is 6.07 Å². The average molecular weight is 363 g/mol. The highest BCUT2D eigenvalue weighted by molar-refractivity contribution is 6.36. The van der Waals surface area contributed by atoms with E-state index in [-0.39, 0.29) is 0 Å². The number of halogens is 1. The molecule has 0 radical (unpaired) electrons. The normalized spacial score (nSPS) is 11.5. The van der Waals surface area contributed by atoms with Gasteiger partial charge in [-0.2, -0.15) is 0 Å². The van der Waals surface area contributed by atoms with Crippen molar-refractivity contribution in [3.05, 3.63) is 70.7 Å². The fraction of sp³-hybridized carbons (Fsp3) is 0.217. The Morgan fingerprint density at radius 3 is 2.58 bits per heavy atom. The summed E-state index contributed by atoms with van der Waals surface area (Å²) in [7, 11) is 0. The number of aryl methyl sites for hydroxylation is 2. The van der Waals surface area contributed by atoms with E-state index in [1.54, 1.807) is 0 Å². The number of rotatable bonds is 5. The number of fused-ring (bicyclic) bond motifs is 2. The molecule has 2 nitrogen and oxygen atoms in total. The maximum Gasteiger partial charge on any atom is 0.0506 e. The summed E-state index contributed by atoms with van der Waals surface area (Å²) in [5.74, 6) is 0. The minimum Gasteiger partial charge on any atom is -0.354 e. The Morgan fingerprint density at radius 2 is 1.77 bits per heavy atom. The van der Waals surface area contributed by atoms with E-state index < -0.39 is 0 Å². The standard InChI is InChI=1S/C23H23ClN2/c1-15-9-12-20(24)21-19(8-4-5-13-25)23(26-22(15)21)18-11-10-16-6-2-3-7-17(16)14-18/h2-3,6-7,9-12,14,26H,4-5,8,13,25H2,1H3. The van der Waals surface area contributed by atoms with Crippen LogP contribution in [-0.2, 0) is 6.42 Å². The van der Waals surface area contributed by atoms with Gasteiger partial charge in [0.15, 0.2) is 0 Å². The molecule has 0 aliphatic carbocycles. The van der Waals surface area contributed by atoms with E-state index in [9.17, 15) is 0 Å². The molecule has 1 heterocycles. The zero-order valence-electron chi connectivity index (χ0n) is 15.0. The minimum absolute atomic E-state index is 0.723. The SMILES string of the molecule is Cc1ccc(Cl)c2c(CCCCN)c(-c3ccc4ccccc4c3)[nH]c12. The lowest BCUT2D eigenvalue weighted by atomic mass is 9.98. The Labute approximate surface area is 159 Å². The molecule has 3 heteroatoms. The first-order valence-electron chi connectivity index (χ1n) is 9.18. The Hall–Kier alpha value is -2.29. The molecule has 3 aromatic carbocycles. The predicted molar refractivity (Wildman–Crippen MR) is 113 cm³/mol. The highest BCUT2D eigenvalue weighted by Gasteiger charge is 2.17. The number of H-pyrrole nitrogens is 1. The van der Waals surface area contributed by atoms with Gasteiger partial charge < -0.3 is 10.7 Å². The maximum absolute atomic E-state index is 6.60. The first-order chi connectivity index (χ1) is 12.7. The zero-order valence-corrected chi connectivity index (χ0v) is 15.7. The summed E-state index contributed by atoms with van der Waals surface area (Å²) < 4.78 is 0. The molecule has 0 aliphatic heterocycles. The van der Waals surface area contributed by atoms with Crippen molar-refractivity contribution in [1.82, 2.24) is 4.98 Å². The highest BCUT2D eigenvalue weighted by Crippen LogP contribution is 2.37. The molecular weight excluding hydrogens is 340 g/mol. The lowest BCUT2D eigenvalue weighted by Gasteiger charge is -2.07. The van der Waals surface area contributed by atoms with Crippen LogP contribution in [0.5, 0.6) is 0 Å². The van der Waals surface area contributed by atoms with Crippen LogP contribution < -0.4 is 5.73 Å². The molecule has 0 saturated carbocycles. The molecule has 1 aromatic heterocycles. The molecule has 0 amide bonds. The van der Waals surface area contributed by atoms with Gasteiger partial charge in [-0.15, -0.1) is 0 Å². The van der Waals surface area contributed by atoms with Gasteiger partial charge in [-0.25, -0.2) is 0 Å². The van der Waals surface area contributed by atoms with E-state index >= 15 is 0 Å². The number of benzene rings is 3. The van der Waals surface area contributed by atoms with Crippen molar-refractivity contribution < 1.29 is 0 Å². The predicted octanol–water partition coefficient (Wildman–Crippen LogP) is 6.23. The molecule has 4 rings (SSSR count). The van der Waals surface area contributed by atoms with E-state index in [1.165, 1.54) is 33.2 Å². The van der Waals surface area contributed by atoms with Crippen LogP contribution in [0.15, 0.2) is 54.6 Å². The summed E-state index contributed by atoms with van der Waals surface area (Å²) in [6.07, 6.45) is 3.06. The smallest absolute Gasteiger partial charge is 0.0506 e. The van der Waals surface area contributed by atoms with Gasteiger partial charge in [0, 0.05) is 11.1 Å². The molecule has 0 fully saturated rings. The zero-order chi connectivity index (χ0) is 18.1. The van der Waals surface area contributed by atoms with E-state index in [0.717, 1.165) is 41.7 Å². The molecule has 0 spiro atoms. The molecule has 0 bridgehead atoms. The first-order valence-corrected chi connectivity index (χ1v) is 9.55. The summed E-state index contributed by atoms with van der Waals surface area (Å²) in [4.78, 5) is 3.67. The number of nitrogens with two attached hydrogens (primary N) is 1. The second kappa shape index (κ2) is 7.14. The fourth-order valence-corrected chi connectivity index (χ4v) is 4.02. The van der Waals surface area contributed by atoms with Gasteiger partial charge in [-0.1, -0.05) is 54.1 Å². The van der Waals surface area contributed by atoms with Gasteiger partial charge in [0.05, 0.1) is 10.5 Å². The third-order valence-corrected chi connectivity index (χ3v) is 5.45. The van der Waals surface area contributed by atoms with Crippen LogP contribution in [0.4, 0.5) is 0 Å². The minimum atomic E-state index is 0.723. The van der Waals surface area contributed by atoms with Crippen LogP contribution in [-0.4, -0.2) is 11.5 Å². The van der Waals surface area contributed by atoms with Crippen molar-refractivity contribution in [2.24, 2.45) is 5.73 Å². The molecule has 3 N–H and O–H groups in total. The van der Waals surface area contributed by atoms with Crippen molar-refractivity contribution >= 4 is 33.3 Å².